The topological polar surface area (TPSA) is 78.8 Å². The number of hydrogen-bond acceptors (Lipinski definition) is 4. The van der Waals surface area contributed by atoms with Gasteiger partial charge in [-0.1, -0.05) is 6.92 Å². The highest BCUT2D eigenvalue weighted by Crippen LogP contribution is 2.06. The summed E-state index contributed by atoms with van der Waals surface area (Å²) in [5, 5.41) is 21.1. The number of rotatable bonds is 8. The minimum Gasteiger partial charge on any atom is -0.480 e. The number of aliphatic hydroxyl groups is 1. The number of carboxylic acids is 1. The summed E-state index contributed by atoms with van der Waals surface area (Å²) in [5.41, 5.74) is 0. The average Bonchev–Trinajstić information content (AvgIpc) is 2.18. The Kier molecular flexibility index (Phi) is 7.29. The van der Waals surface area contributed by atoms with Crippen LogP contribution in [0.3, 0.4) is 0 Å². The fourth-order valence-corrected chi connectivity index (χ4v) is 1.41. The second-order valence-corrected chi connectivity index (χ2v) is 3.44. The molecule has 5 nitrogen and oxygen atoms in total. The van der Waals surface area contributed by atoms with Crippen LogP contribution in [0.2, 0.25) is 0 Å². The van der Waals surface area contributed by atoms with Gasteiger partial charge in [0.1, 0.15) is 0 Å². The Morgan fingerprint density at radius 3 is 2.47 bits per heavy atom. The summed E-state index contributed by atoms with van der Waals surface area (Å²) in [7, 11) is 0. The van der Waals surface area contributed by atoms with E-state index in [1.54, 1.807) is 6.92 Å². The molecule has 0 aromatic heterocycles. The molecule has 3 N–H and O–H groups in total. The van der Waals surface area contributed by atoms with E-state index in [9.17, 15) is 9.90 Å². The van der Waals surface area contributed by atoms with Crippen molar-refractivity contribution in [3.8, 4) is 0 Å². The number of ether oxygens (including phenoxy) is 1. The van der Waals surface area contributed by atoms with Gasteiger partial charge in [-0.25, -0.2) is 0 Å². The third-order valence-corrected chi connectivity index (χ3v) is 2.28. The Labute approximate surface area is 90.4 Å². The SMILES string of the molecule is CCO[C@@H](C)C(O)C(CC)NCC(=O)O. The van der Waals surface area contributed by atoms with Gasteiger partial charge >= 0.3 is 5.97 Å². The highest BCUT2D eigenvalue weighted by atomic mass is 16.5. The molecule has 5 heteroatoms. The molecule has 0 aliphatic carbocycles. The van der Waals surface area contributed by atoms with E-state index in [-0.39, 0.29) is 18.7 Å². The number of aliphatic carboxylic acids is 1. The van der Waals surface area contributed by atoms with Crippen molar-refractivity contribution in [3.05, 3.63) is 0 Å². The molecule has 0 saturated carbocycles. The van der Waals surface area contributed by atoms with Crippen molar-refractivity contribution in [2.75, 3.05) is 13.2 Å². The monoisotopic (exact) mass is 219 g/mol. The smallest absolute Gasteiger partial charge is 0.317 e. The molecule has 0 spiro atoms. The van der Waals surface area contributed by atoms with Gasteiger partial charge in [0.05, 0.1) is 18.8 Å². The maximum atomic E-state index is 10.4. The van der Waals surface area contributed by atoms with Crippen LogP contribution in [0.1, 0.15) is 27.2 Å². The molecule has 15 heavy (non-hydrogen) atoms. The van der Waals surface area contributed by atoms with Gasteiger partial charge in [0, 0.05) is 12.6 Å². The van der Waals surface area contributed by atoms with Crippen molar-refractivity contribution >= 4 is 5.97 Å². The molecule has 0 aliphatic rings. The molecule has 2 unspecified atom stereocenters. The lowest BCUT2D eigenvalue weighted by Gasteiger charge is -2.27. The van der Waals surface area contributed by atoms with Gasteiger partial charge in [0.2, 0.25) is 0 Å². The second-order valence-electron chi connectivity index (χ2n) is 3.44. The van der Waals surface area contributed by atoms with Crippen LogP contribution in [-0.4, -0.2) is 47.6 Å². The normalized spacial score (nSPS) is 17.1. The van der Waals surface area contributed by atoms with Gasteiger partial charge in [0.15, 0.2) is 0 Å². The van der Waals surface area contributed by atoms with Gasteiger partial charge in [-0.2, -0.15) is 0 Å². The lowest BCUT2D eigenvalue weighted by molar-refractivity contribution is -0.136. The minimum atomic E-state index is -0.926. The van der Waals surface area contributed by atoms with E-state index in [4.69, 9.17) is 9.84 Å². The van der Waals surface area contributed by atoms with Gasteiger partial charge < -0.3 is 20.3 Å². The highest BCUT2D eigenvalue weighted by Gasteiger charge is 2.23. The van der Waals surface area contributed by atoms with Crippen LogP contribution in [0.4, 0.5) is 0 Å². The van der Waals surface area contributed by atoms with Crippen LogP contribution in [-0.2, 0) is 9.53 Å². The molecule has 0 amide bonds. The molecule has 0 heterocycles. The predicted molar refractivity (Wildman–Crippen MR) is 56.8 cm³/mol. The Morgan fingerprint density at radius 1 is 1.47 bits per heavy atom. The van der Waals surface area contributed by atoms with Gasteiger partial charge in [0.25, 0.3) is 0 Å². The first kappa shape index (κ1) is 14.3. The molecule has 0 aromatic rings. The largest absolute Gasteiger partial charge is 0.480 e. The van der Waals surface area contributed by atoms with Crippen LogP contribution >= 0.6 is 0 Å². The molecule has 0 rings (SSSR count). The van der Waals surface area contributed by atoms with E-state index in [2.05, 4.69) is 5.32 Å². The molecule has 0 saturated heterocycles. The zero-order valence-electron chi connectivity index (χ0n) is 9.56. The van der Waals surface area contributed by atoms with E-state index >= 15 is 0 Å². The summed E-state index contributed by atoms with van der Waals surface area (Å²) in [6.07, 6.45) is -0.318. The molecule has 90 valence electrons. The van der Waals surface area contributed by atoms with E-state index in [1.165, 1.54) is 0 Å². The fourth-order valence-electron chi connectivity index (χ4n) is 1.41. The zero-order valence-corrected chi connectivity index (χ0v) is 9.56. The van der Waals surface area contributed by atoms with Crippen molar-refractivity contribution in [3.63, 3.8) is 0 Å². The number of aliphatic hydroxyl groups excluding tert-OH is 1. The van der Waals surface area contributed by atoms with Gasteiger partial charge in [-0.3, -0.25) is 4.79 Å². The molecular weight excluding hydrogens is 198 g/mol. The standard InChI is InChI=1S/C10H21NO4/c1-4-8(11-6-9(12)13)10(14)7(3)15-5-2/h7-8,10-11,14H,4-6H2,1-3H3,(H,12,13)/t7-,8?,10?/m0/s1. The maximum absolute atomic E-state index is 10.4. The summed E-state index contributed by atoms with van der Waals surface area (Å²) < 4.78 is 5.26. The minimum absolute atomic E-state index is 0.144. The van der Waals surface area contributed by atoms with Crippen molar-refractivity contribution in [2.24, 2.45) is 0 Å². The average molecular weight is 219 g/mol. The van der Waals surface area contributed by atoms with Crippen LogP contribution in [0.5, 0.6) is 0 Å². The molecule has 0 aliphatic heterocycles. The first-order chi connectivity index (χ1) is 7.02. The molecule has 0 fully saturated rings. The molecular formula is C10H21NO4. The zero-order chi connectivity index (χ0) is 11.8. The van der Waals surface area contributed by atoms with Crippen molar-refractivity contribution < 1.29 is 19.7 Å². The number of carboxylic acid groups (broad SMARTS) is 1. The number of nitrogens with one attached hydrogen (secondary N) is 1. The van der Waals surface area contributed by atoms with E-state index in [0.717, 1.165) is 0 Å². The summed E-state index contributed by atoms with van der Waals surface area (Å²) in [6, 6.07) is -0.248. The fraction of sp³-hybridized carbons (Fsp3) is 0.900. The van der Waals surface area contributed by atoms with E-state index in [1.807, 2.05) is 13.8 Å². The van der Waals surface area contributed by atoms with Crippen LogP contribution in [0.25, 0.3) is 0 Å². The molecule has 0 radical (unpaired) electrons. The van der Waals surface area contributed by atoms with Crippen LogP contribution < -0.4 is 5.32 Å². The molecule has 0 aromatic carbocycles. The van der Waals surface area contributed by atoms with Gasteiger partial charge in [-0.15, -0.1) is 0 Å². The Morgan fingerprint density at radius 2 is 2.07 bits per heavy atom. The summed E-state index contributed by atoms with van der Waals surface area (Å²) in [5.74, 6) is -0.926. The van der Waals surface area contributed by atoms with Crippen LogP contribution in [0, 0.1) is 0 Å². The maximum Gasteiger partial charge on any atom is 0.317 e. The summed E-state index contributed by atoms with van der Waals surface area (Å²) in [4.78, 5) is 10.4. The van der Waals surface area contributed by atoms with E-state index < -0.39 is 12.1 Å². The quantitative estimate of drug-likeness (QED) is 0.544. The lowest BCUT2D eigenvalue weighted by atomic mass is 10.0. The van der Waals surface area contributed by atoms with Crippen molar-refractivity contribution in [1.82, 2.24) is 5.32 Å². The van der Waals surface area contributed by atoms with Crippen LogP contribution in [0.15, 0.2) is 0 Å². The highest BCUT2D eigenvalue weighted by molar-refractivity contribution is 5.69. The third-order valence-electron chi connectivity index (χ3n) is 2.28. The number of hydrogen-bond donors (Lipinski definition) is 3. The van der Waals surface area contributed by atoms with Crippen molar-refractivity contribution in [2.45, 2.75) is 45.4 Å². The number of carbonyl (C=O) groups is 1. The second kappa shape index (κ2) is 7.62. The predicted octanol–water partition coefficient (Wildman–Crippen LogP) is 0.225. The van der Waals surface area contributed by atoms with E-state index in [0.29, 0.717) is 13.0 Å². The van der Waals surface area contributed by atoms with Crippen molar-refractivity contribution in [1.29, 1.82) is 0 Å². The Balaban J connectivity index is 4.07. The third kappa shape index (κ3) is 5.71. The van der Waals surface area contributed by atoms with Gasteiger partial charge in [-0.05, 0) is 20.3 Å². The lowest BCUT2D eigenvalue weighted by Crippen LogP contribution is -2.47. The Bertz CT molecular complexity index is 186. The Hall–Kier alpha value is -0.650. The first-order valence-electron chi connectivity index (χ1n) is 5.27. The molecule has 0 bridgehead atoms. The molecule has 3 atom stereocenters. The summed E-state index contributed by atoms with van der Waals surface area (Å²) >= 11 is 0. The first-order valence-corrected chi connectivity index (χ1v) is 5.27. The summed E-state index contributed by atoms with van der Waals surface area (Å²) in [6.45, 7) is 5.91.